The summed E-state index contributed by atoms with van der Waals surface area (Å²) in [6, 6.07) is 6.06. The predicted octanol–water partition coefficient (Wildman–Crippen LogP) is 1.68. The second-order valence-electron chi connectivity index (χ2n) is 5.58. The number of nitro benzene ring substituents is 1. The van der Waals surface area contributed by atoms with Crippen LogP contribution in [0.2, 0.25) is 0 Å². The zero-order valence-corrected chi connectivity index (χ0v) is 14.7. The number of nitrogens with two attached hydrogens (primary N) is 1. The second-order valence-corrected chi connectivity index (χ2v) is 5.58. The molecule has 0 saturated heterocycles. The fourth-order valence-electron chi connectivity index (χ4n) is 2.28. The van der Waals surface area contributed by atoms with Gasteiger partial charge in [-0.3, -0.25) is 10.1 Å². The Bertz CT molecular complexity index is 1050. The number of anilines is 1. The van der Waals surface area contributed by atoms with Gasteiger partial charge < -0.3 is 5.73 Å². The number of non-ortho nitro benzene ring substituents is 1. The molecule has 0 unspecified atom stereocenters. The SMILES string of the molecule is C/C(=N\N=C(/C)c1nnn(-c2nonc2N)c1C)c1ccc([N+](=O)[O-])cc1. The lowest BCUT2D eigenvalue weighted by Crippen LogP contribution is -2.04. The first-order valence-electron chi connectivity index (χ1n) is 7.73. The molecule has 0 radical (unpaired) electrons. The predicted molar refractivity (Wildman–Crippen MR) is 95.9 cm³/mol. The summed E-state index contributed by atoms with van der Waals surface area (Å²) in [6.07, 6.45) is 0. The van der Waals surface area contributed by atoms with Gasteiger partial charge in [0.2, 0.25) is 11.6 Å². The monoisotopic (exact) mass is 369 g/mol. The van der Waals surface area contributed by atoms with Gasteiger partial charge in [0.05, 0.1) is 22.0 Å². The van der Waals surface area contributed by atoms with Crippen LogP contribution in [0.15, 0.2) is 39.1 Å². The summed E-state index contributed by atoms with van der Waals surface area (Å²) in [6.45, 7) is 5.26. The number of nitrogen functional groups attached to an aromatic ring is 1. The summed E-state index contributed by atoms with van der Waals surface area (Å²) in [4.78, 5) is 10.3. The molecule has 12 nitrogen and oxygen atoms in total. The Kier molecular flexibility index (Phi) is 4.70. The van der Waals surface area contributed by atoms with Gasteiger partial charge in [0.1, 0.15) is 5.69 Å². The van der Waals surface area contributed by atoms with E-state index in [-0.39, 0.29) is 17.3 Å². The Morgan fingerprint density at radius 3 is 2.44 bits per heavy atom. The van der Waals surface area contributed by atoms with Crippen LogP contribution < -0.4 is 5.73 Å². The van der Waals surface area contributed by atoms with Crippen LogP contribution in [0.4, 0.5) is 11.5 Å². The summed E-state index contributed by atoms with van der Waals surface area (Å²) in [7, 11) is 0. The lowest BCUT2D eigenvalue weighted by Gasteiger charge is -2.00. The second kappa shape index (κ2) is 7.11. The van der Waals surface area contributed by atoms with E-state index in [1.54, 1.807) is 32.9 Å². The van der Waals surface area contributed by atoms with E-state index >= 15 is 0 Å². The van der Waals surface area contributed by atoms with Gasteiger partial charge in [0.25, 0.3) is 5.69 Å². The van der Waals surface area contributed by atoms with Crippen molar-refractivity contribution in [1.29, 1.82) is 0 Å². The highest BCUT2D eigenvalue weighted by atomic mass is 16.6. The molecule has 0 aliphatic rings. The number of aromatic nitrogens is 5. The number of nitrogens with zero attached hydrogens (tertiary/aromatic N) is 8. The van der Waals surface area contributed by atoms with Crippen LogP contribution in [0.3, 0.4) is 0 Å². The Morgan fingerprint density at radius 1 is 1.19 bits per heavy atom. The smallest absolute Gasteiger partial charge is 0.269 e. The van der Waals surface area contributed by atoms with Gasteiger partial charge in [0, 0.05) is 12.1 Å². The lowest BCUT2D eigenvalue weighted by atomic mass is 10.1. The first kappa shape index (κ1) is 17.8. The minimum absolute atomic E-state index is 0.0140. The van der Waals surface area contributed by atoms with E-state index < -0.39 is 4.92 Å². The zero-order valence-electron chi connectivity index (χ0n) is 14.7. The largest absolute Gasteiger partial charge is 0.378 e. The molecule has 27 heavy (non-hydrogen) atoms. The molecule has 0 saturated carbocycles. The van der Waals surface area contributed by atoms with E-state index in [2.05, 4.69) is 35.5 Å². The molecule has 2 heterocycles. The van der Waals surface area contributed by atoms with Crippen LogP contribution in [-0.4, -0.2) is 41.7 Å². The molecule has 138 valence electrons. The standard InChI is InChI=1S/C15H15N9O3/c1-8(11-4-6-12(7-5-11)24(25)26)17-18-9(2)13-10(3)23(22-19-13)15-14(16)20-27-21-15/h4-7H,1-3H3,(H2,16,20)/b17-8+,18-9+. The molecular formula is C15H15N9O3. The number of hydrogen-bond donors (Lipinski definition) is 1. The van der Waals surface area contributed by atoms with Crippen LogP contribution >= 0.6 is 0 Å². The van der Waals surface area contributed by atoms with Gasteiger partial charge in [-0.15, -0.1) is 5.10 Å². The first-order chi connectivity index (χ1) is 12.9. The molecule has 0 bridgehead atoms. The van der Waals surface area contributed by atoms with Crippen molar-refractivity contribution in [3.63, 3.8) is 0 Å². The average Bonchev–Trinajstić information content (AvgIpc) is 3.24. The van der Waals surface area contributed by atoms with Gasteiger partial charge in [-0.2, -0.15) is 14.9 Å². The van der Waals surface area contributed by atoms with Crippen molar-refractivity contribution in [2.45, 2.75) is 20.8 Å². The molecule has 2 aromatic heterocycles. The quantitative estimate of drug-likeness (QED) is 0.403. The van der Waals surface area contributed by atoms with Gasteiger partial charge in [-0.25, -0.2) is 4.63 Å². The summed E-state index contributed by atoms with van der Waals surface area (Å²) in [5.74, 6) is 0.334. The van der Waals surface area contributed by atoms with E-state index in [0.717, 1.165) is 5.56 Å². The lowest BCUT2D eigenvalue weighted by molar-refractivity contribution is -0.384. The van der Waals surface area contributed by atoms with Gasteiger partial charge in [-0.05, 0) is 48.8 Å². The molecular weight excluding hydrogens is 354 g/mol. The van der Waals surface area contributed by atoms with E-state index in [9.17, 15) is 10.1 Å². The van der Waals surface area contributed by atoms with Crippen molar-refractivity contribution in [2.24, 2.45) is 10.2 Å². The minimum Gasteiger partial charge on any atom is -0.378 e. The number of hydrogen-bond acceptors (Lipinski definition) is 10. The Labute approximate surface area is 152 Å². The van der Waals surface area contributed by atoms with E-state index in [0.29, 0.717) is 22.8 Å². The molecule has 0 spiro atoms. The number of rotatable bonds is 5. The Hall–Kier alpha value is -3.96. The highest BCUT2D eigenvalue weighted by molar-refractivity contribution is 6.01. The maximum atomic E-state index is 10.7. The van der Waals surface area contributed by atoms with Crippen molar-refractivity contribution < 1.29 is 9.55 Å². The number of benzene rings is 1. The topological polar surface area (TPSA) is 164 Å². The molecule has 0 fully saturated rings. The molecule has 0 atom stereocenters. The van der Waals surface area contributed by atoms with Crippen LogP contribution in [0, 0.1) is 17.0 Å². The average molecular weight is 369 g/mol. The fraction of sp³-hybridized carbons (Fsp3) is 0.200. The molecule has 3 aromatic rings. The summed E-state index contributed by atoms with van der Waals surface area (Å²) < 4.78 is 5.96. The van der Waals surface area contributed by atoms with Crippen molar-refractivity contribution in [3.8, 4) is 5.82 Å². The minimum atomic E-state index is -0.457. The van der Waals surface area contributed by atoms with Crippen LogP contribution in [0.5, 0.6) is 0 Å². The van der Waals surface area contributed by atoms with Crippen molar-refractivity contribution >= 4 is 22.9 Å². The molecule has 0 aliphatic heterocycles. The normalized spacial score (nSPS) is 12.4. The maximum Gasteiger partial charge on any atom is 0.269 e. The van der Waals surface area contributed by atoms with E-state index in [1.165, 1.54) is 16.8 Å². The van der Waals surface area contributed by atoms with Crippen molar-refractivity contribution in [3.05, 3.63) is 51.3 Å². The molecule has 3 rings (SSSR count). The van der Waals surface area contributed by atoms with Gasteiger partial charge in [0.15, 0.2) is 0 Å². The van der Waals surface area contributed by atoms with E-state index in [1.807, 2.05) is 0 Å². The van der Waals surface area contributed by atoms with Crippen molar-refractivity contribution in [1.82, 2.24) is 25.3 Å². The highest BCUT2D eigenvalue weighted by Crippen LogP contribution is 2.16. The zero-order chi connectivity index (χ0) is 19.6. The molecule has 2 N–H and O–H groups in total. The van der Waals surface area contributed by atoms with Gasteiger partial charge >= 0.3 is 0 Å². The highest BCUT2D eigenvalue weighted by Gasteiger charge is 2.17. The van der Waals surface area contributed by atoms with Crippen LogP contribution in [0.1, 0.15) is 30.8 Å². The van der Waals surface area contributed by atoms with E-state index in [4.69, 9.17) is 5.73 Å². The summed E-state index contributed by atoms with van der Waals surface area (Å²) in [5, 5.41) is 34.3. The molecule has 1 aromatic carbocycles. The summed E-state index contributed by atoms with van der Waals surface area (Å²) >= 11 is 0. The molecule has 0 aliphatic carbocycles. The Morgan fingerprint density at radius 2 is 1.85 bits per heavy atom. The fourth-order valence-corrected chi connectivity index (χ4v) is 2.28. The summed E-state index contributed by atoms with van der Waals surface area (Å²) in [5.41, 5.74) is 8.68. The maximum absolute atomic E-state index is 10.7. The third kappa shape index (κ3) is 3.53. The number of nitro groups is 1. The van der Waals surface area contributed by atoms with Crippen LogP contribution in [-0.2, 0) is 0 Å². The molecule has 0 amide bonds. The third-order valence-electron chi connectivity index (χ3n) is 3.78. The molecule has 12 heteroatoms. The van der Waals surface area contributed by atoms with Crippen molar-refractivity contribution in [2.75, 3.05) is 5.73 Å². The van der Waals surface area contributed by atoms with Crippen LogP contribution in [0.25, 0.3) is 5.82 Å². The Balaban J connectivity index is 1.85. The first-order valence-corrected chi connectivity index (χ1v) is 7.73. The van der Waals surface area contributed by atoms with Gasteiger partial charge in [-0.1, -0.05) is 5.21 Å². The third-order valence-corrected chi connectivity index (χ3v) is 3.78.